The second-order valence-electron chi connectivity index (χ2n) is 4.28. The van der Waals surface area contributed by atoms with Crippen molar-refractivity contribution in [3.05, 3.63) is 56.3 Å². The second-order valence-corrected chi connectivity index (χ2v) is 5.14. The standard InChI is InChI=1S/C15H9BrN2O5/c1-22-15(19)9(8-17)6-11-3-5-14(23-11)12-4-2-10(18(20)21)7-13(12)16/h2-7H,1H3/b9-6+. The SMILES string of the molecule is COC(=O)/C(C#N)=C/c1ccc(-c2ccc([N+](=O)[O-])cc2Br)o1. The Balaban J connectivity index is 2.37. The summed E-state index contributed by atoms with van der Waals surface area (Å²) in [6, 6.07) is 9.19. The molecular weight excluding hydrogens is 368 g/mol. The smallest absolute Gasteiger partial charge is 0.348 e. The Morgan fingerprint density at radius 1 is 1.43 bits per heavy atom. The molecule has 1 aromatic heterocycles. The van der Waals surface area contributed by atoms with Gasteiger partial charge in [-0.2, -0.15) is 5.26 Å². The molecule has 0 N–H and O–H groups in total. The zero-order chi connectivity index (χ0) is 17.0. The first-order chi connectivity index (χ1) is 11.0. The number of furan rings is 1. The number of nitriles is 1. The van der Waals surface area contributed by atoms with Crippen LogP contribution in [0, 0.1) is 21.4 Å². The van der Waals surface area contributed by atoms with Crippen molar-refractivity contribution >= 4 is 33.7 Å². The fraction of sp³-hybridized carbons (Fsp3) is 0.0667. The Hall–Kier alpha value is -2.92. The van der Waals surface area contributed by atoms with E-state index in [1.54, 1.807) is 24.3 Å². The lowest BCUT2D eigenvalue weighted by Gasteiger charge is -2.01. The molecule has 0 fully saturated rings. The van der Waals surface area contributed by atoms with E-state index in [1.165, 1.54) is 25.3 Å². The van der Waals surface area contributed by atoms with E-state index >= 15 is 0 Å². The van der Waals surface area contributed by atoms with Gasteiger partial charge in [0.15, 0.2) is 0 Å². The highest BCUT2D eigenvalue weighted by atomic mass is 79.9. The molecule has 23 heavy (non-hydrogen) atoms. The van der Waals surface area contributed by atoms with Crippen molar-refractivity contribution in [2.45, 2.75) is 0 Å². The Morgan fingerprint density at radius 2 is 2.17 bits per heavy atom. The molecule has 0 atom stereocenters. The largest absolute Gasteiger partial charge is 0.465 e. The van der Waals surface area contributed by atoms with Crippen molar-refractivity contribution in [2.24, 2.45) is 0 Å². The van der Waals surface area contributed by atoms with E-state index in [0.29, 0.717) is 15.8 Å². The number of nitro benzene ring substituents is 1. The van der Waals surface area contributed by atoms with E-state index in [4.69, 9.17) is 9.68 Å². The number of nitro groups is 1. The lowest BCUT2D eigenvalue weighted by atomic mass is 10.1. The van der Waals surface area contributed by atoms with Crippen LogP contribution in [0.4, 0.5) is 5.69 Å². The Kier molecular flexibility index (Phi) is 4.93. The first kappa shape index (κ1) is 16.5. The first-order valence-electron chi connectivity index (χ1n) is 6.20. The van der Waals surface area contributed by atoms with Crippen molar-refractivity contribution in [3.8, 4) is 17.4 Å². The highest BCUT2D eigenvalue weighted by Gasteiger charge is 2.14. The van der Waals surface area contributed by atoms with E-state index in [-0.39, 0.29) is 17.0 Å². The van der Waals surface area contributed by atoms with Crippen LogP contribution in [0.2, 0.25) is 0 Å². The van der Waals surface area contributed by atoms with Crippen LogP contribution < -0.4 is 0 Å². The van der Waals surface area contributed by atoms with Crippen molar-refractivity contribution in [2.75, 3.05) is 7.11 Å². The molecule has 0 aliphatic rings. The average Bonchev–Trinajstić information content (AvgIpc) is 2.99. The van der Waals surface area contributed by atoms with Crippen molar-refractivity contribution in [3.63, 3.8) is 0 Å². The maximum absolute atomic E-state index is 11.4. The zero-order valence-corrected chi connectivity index (χ0v) is 13.4. The number of esters is 1. The van der Waals surface area contributed by atoms with Crippen LogP contribution in [-0.4, -0.2) is 18.0 Å². The number of nitrogens with zero attached hydrogens (tertiary/aromatic N) is 2. The summed E-state index contributed by atoms with van der Waals surface area (Å²) in [7, 11) is 1.18. The van der Waals surface area contributed by atoms with Gasteiger partial charge in [-0.25, -0.2) is 4.79 Å². The summed E-state index contributed by atoms with van der Waals surface area (Å²) in [4.78, 5) is 21.6. The van der Waals surface area contributed by atoms with Gasteiger partial charge < -0.3 is 9.15 Å². The summed E-state index contributed by atoms with van der Waals surface area (Å²) in [5.74, 6) is -0.0469. The van der Waals surface area contributed by atoms with Gasteiger partial charge in [0.1, 0.15) is 23.2 Å². The number of non-ortho nitro benzene ring substituents is 1. The van der Waals surface area contributed by atoms with Crippen LogP contribution >= 0.6 is 15.9 Å². The molecule has 2 rings (SSSR count). The molecule has 0 amide bonds. The summed E-state index contributed by atoms with van der Waals surface area (Å²) in [6.07, 6.45) is 1.26. The highest BCUT2D eigenvalue weighted by molar-refractivity contribution is 9.10. The van der Waals surface area contributed by atoms with Gasteiger partial charge in [-0.05, 0) is 34.1 Å². The van der Waals surface area contributed by atoms with Gasteiger partial charge in [0.25, 0.3) is 5.69 Å². The minimum absolute atomic E-state index is 0.0511. The zero-order valence-electron chi connectivity index (χ0n) is 11.8. The topological polar surface area (TPSA) is 106 Å². The number of carbonyl (C=O) groups is 1. The number of methoxy groups -OCH3 is 1. The van der Waals surface area contributed by atoms with Gasteiger partial charge in [0, 0.05) is 28.2 Å². The monoisotopic (exact) mass is 376 g/mol. The summed E-state index contributed by atoms with van der Waals surface area (Å²) in [5, 5.41) is 19.6. The fourth-order valence-electron chi connectivity index (χ4n) is 1.78. The number of rotatable bonds is 4. The van der Waals surface area contributed by atoms with Gasteiger partial charge in [0.2, 0.25) is 0 Å². The van der Waals surface area contributed by atoms with Gasteiger partial charge in [-0.1, -0.05) is 0 Å². The molecule has 1 aromatic carbocycles. The molecule has 116 valence electrons. The fourth-order valence-corrected chi connectivity index (χ4v) is 2.34. The molecule has 0 aliphatic heterocycles. The molecule has 0 radical (unpaired) electrons. The number of ether oxygens (including phenoxy) is 1. The third-order valence-corrected chi connectivity index (χ3v) is 3.52. The third kappa shape index (κ3) is 3.64. The summed E-state index contributed by atoms with van der Waals surface area (Å²) in [6.45, 7) is 0. The molecule has 7 nitrogen and oxygen atoms in total. The maximum Gasteiger partial charge on any atom is 0.348 e. The summed E-state index contributed by atoms with van der Waals surface area (Å²) < 4.78 is 10.5. The van der Waals surface area contributed by atoms with Gasteiger partial charge in [-0.3, -0.25) is 10.1 Å². The number of hydrogen-bond donors (Lipinski definition) is 0. The minimum Gasteiger partial charge on any atom is -0.465 e. The normalized spacial score (nSPS) is 10.9. The Labute approximate surface area is 139 Å². The third-order valence-electron chi connectivity index (χ3n) is 2.87. The highest BCUT2D eigenvalue weighted by Crippen LogP contribution is 2.32. The minimum atomic E-state index is -0.762. The van der Waals surface area contributed by atoms with E-state index in [0.717, 1.165) is 0 Å². The number of benzene rings is 1. The molecule has 0 unspecified atom stereocenters. The first-order valence-corrected chi connectivity index (χ1v) is 7.00. The van der Waals surface area contributed by atoms with Crippen LogP contribution in [0.1, 0.15) is 5.76 Å². The van der Waals surface area contributed by atoms with E-state index < -0.39 is 10.9 Å². The van der Waals surface area contributed by atoms with Gasteiger partial charge in [0.05, 0.1) is 12.0 Å². The molecule has 0 spiro atoms. The van der Waals surface area contributed by atoms with Crippen LogP contribution in [0.15, 0.2) is 44.8 Å². The molecule has 8 heteroatoms. The molecule has 0 bridgehead atoms. The van der Waals surface area contributed by atoms with Crippen LogP contribution in [-0.2, 0) is 9.53 Å². The lowest BCUT2D eigenvalue weighted by Crippen LogP contribution is -2.02. The van der Waals surface area contributed by atoms with Crippen LogP contribution in [0.3, 0.4) is 0 Å². The van der Waals surface area contributed by atoms with E-state index in [2.05, 4.69) is 20.7 Å². The lowest BCUT2D eigenvalue weighted by molar-refractivity contribution is -0.384. The predicted octanol–water partition coefficient (Wildman–Crippen LogP) is 3.70. The number of carbonyl (C=O) groups excluding carboxylic acids is 1. The van der Waals surface area contributed by atoms with Gasteiger partial charge >= 0.3 is 5.97 Å². The van der Waals surface area contributed by atoms with E-state index in [9.17, 15) is 14.9 Å². The molecule has 0 saturated carbocycles. The Bertz CT molecular complexity index is 848. The van der Waals surface area contributed by atoms with Crippen molar-refractivity contribution in [1.82, 2.24) is 0 Å². The molecule has 2 aromatic rings. The molecule has 1 heterocycles. The summed E-state index contributed by atoms with van der Waals surface area (Å²) >= 11 is 3.25. The average molecular weight is 377 g/mol. The number of halogens is 1. The maximum atomic E-state index is 11.4. The molecule has 0 saturated heterocycles. The van der Waals surface area contributed by atoms with Gasteiger partial charge in [-0.15, -0.1) is 0 Å². The summed E-state index contributed by atoms with van der Waals surface area (Å²) in [5.41, 5.74) is 0.354. The van der Waals surface area contributed by atoms with Crippen LogP contribution in [0.5, 0.6) is 0 Å². The number of hydrogen-bond acceptors (Lipinski definition) is 6. The predicted molar refractivity (Wildman–Crippen MR) is 84.1 cm³/mol. The molecule has 0 aliphatic carbocycles. The second kappa shape index (κ2) is 6.89. The quantitative estimate of drug-likeness (QED) is 0.264. The van der Waals surface area contributed by atoms with E-state index in [1.807, 2.05) is 0 Å². The van der Waals surface area contributed by atoms with Crippen molar-refractivity contribution < 1.29 is 18.9 Å². The Morgan fingerprint density at radius 3 is 2.74 bits per heavy atom. The van der Waals surface area contributed by atoms with Crippen molar-refractivity contribution in [1.29, 1.82) is 5.26 Å². The molecular formula is C15H9BrN2O5. The van der Waals surface area contributed by atoms with Crippen LogP contribution in [0.25, 0.3) is 17.4 Å².